The first kappa shape index (κ1) is 26.1. The van der Waals surface area contributed by atoms with Crippen LogP contribution >= 0.6 is 11.6 Å². The number of sulfonamides is 1. The number of aromatic nitrogens is 2. The molecule has 1 saturated heterocycles. The van der Waals surface area contributed by atoms with Gasteiger partial charge in [0.05, 0.1) is 17.2 Å². The van der Waals surface area contributed by atoms with Crippen molar-refractivity contribution in [3.8, 4) is 0 Å². The summed E-state index contributed by atoms with van der Waals surface area (Å²) in [4.78, 5) is 36.5. The quantitative estimate of drug-likeness (QED) is 0.528. The van der Waals surface area contributed by atoms with Crippen LogP contribution < -0.4 is 0 Å². The number of ether oxygens (including phenoxy) is 1. The molecule has 0 bridgehead atoms. The van der Waals surface area contributed by atoms with Gasteiger partial charge < -0.3 is 9.64 Å². The third kappa shape index (κ3) is 5.39. The topological polar surface area (TPSA) is 110 Å². The highest BCUT2D eigenvalue weighted by molar-refractivity contribution is 7.89. The molecule has 1 aliphatic heterocycles. The highest BCUT2D eigenvalue weighted by atomic mass is 35.5. The normalized spacial score (nSPS) is 17.0. The van der Waals surface area contributed by atoms with Crippen molar-refractivity contribution in [3.05, 3.63) is 52.1 Å². The minimum atomic E-state index is -3.75. The summed E-state index contributed by atoms with van der Waals surface area (Å²) >= 11 is 5.89. The van der Waals surface area contributed by atoms with Crippen LogP contribution in [0.15, 0.2) is 29.2 Å². The van der Waals surface area contributed by atoms with Gasteiger partial charge in [0.25, 0.3) is 5.91 Å². The van der Waals surface area contributed by atoms with Gasteiger partial charge in [-0.1, -0.05) is 24.9 Å². The van der Waals surface area contributed by atoms with Gasteiger partial charge in [0.15, 0.2) is 0 Å². The molecule has 0 saturated carbocycles. The molecule has 1 atom stereocenters. The Hall–Kier alpha value is -2.56. The maximum absolute atomic E-state index is 13.5. The molecule has 0 spiro atoms. The van der Waals surface area contributed by atoms with E-state index >= 15 is 0 Å². The Labute approximate surface area is 205 Å². The van der Waals surface area contributed by atoms with E-state index in [2.05, 4.69) is 9.97 Å². The first-order chi connectivity index (χ1) is 16.1. The van der Waals surface area contributed by atoms with Gasteiger partial charge in [-0.25, -0.2) is 23.2 Å². The van der Waals surface area contributed by atoms with Crippen molar-refractivity contribution in [2.75, 3.05) is 26.2 Å². The molecule has 11 heteroatoms. The summed E-state index contributed by atoms with van der Waals surface area (Å²) in [6, 6.07) is 5.50. The Morgan fingerprint density at radius 1 is 1.15 bits per heavy atom. The van der Waals surface area contributed by atoms with Gasteiger partial charge in [-0.2, -0.15) is 4.31 Å². The molecule has 9 nitrogen and oxygen atoms in total. The van der Waals surface area contributed by atoms with Crippen molar-refractivity contribution in [1.29, 1.82) is 0 Å². The number of hydrogen-bond donors (Lipinski definition) is 0. The largest absolute Gasteiger partial charge is 0.462 e. The predicted molar refractivity (Wildman–Crippen MR) is 127 cm³/mol. The molecule has 184 valence electrons. The van der Waals surface area contributed by atoms with Gasteiger partial charge in [-0.15, -0.1) is 0 Å². The Bertz CT molecular complexity index is 1170. The first-order valence-corrected chi connectivity index (χ1v) is 13.0. The van der Waals surface area contributed by atoms with E-state index in [4.69, 9.17) is 16.3 Å². The van der Waals surface area contributed by atoms with Crippen LogP contribution in [0.5, 0.6) is 0 Å². The Morgan fingerprint density at radius 3 is 2.41 bits per heavy atom. The second-order valence-electron chi connectivity index (χ2n) is 8.08. The third-order valence-electron chi connectivity index (χ3n) is 5.54. The lowest BCUT2D eigenvalue weighted by Gasteiger charge is -2.39. The van der Waals surface area contributed by atoms with Crippen LogP contribution in [-0.4, -0.2) is 71.8 Å². The standard InChI is InChI=1S/C23H29ClN4O5S/c1-5-7-19-20(23(30)33-6-2)21(26-16(4)25-19)22(29)27-12-13-28(15(3)14-27)34(31,32)18-10-8-17(24)9-11-18/h8-11,15H,5-7,12-14H2,1-4H3. The molecule has 34 heavy (non-hydrogen) atoms. The van der Waals surface area contributed by atoms with E-state index in [1.54, 1.807) is 20.8 Å². The van der Waals surface area contributed by atoms with Crippen molar-refractivity contribution in [3.63, 3.8) is 0 Å². The average Bonchev–Trinajstić information content (AvgIpc) is 2.78. The summed E-state index contributed by atoms with van der Waals surface area (Å²) in [5, 5.41) is 0.447. The fraction of sp³-hybridized carbons (Fsp3) is 0.478. The van der Waals surface area contributed by atoms with E-state index in [0.717, 1.165) is 6.42 Å². The molecule has 1 unspecified atom stereocenters. The van der Waals surface area contributed by atoms with Gasteiger partial charge in [0.1, 0.15) is 17.1 Å². The molecular weight excluding hydrogens is 480 g/mol. The SMILES string of the molecule is CCCc1nc(C)nc(C(=O)N2CCN(S(=O)(=O)c3ccc(Cl)cc3)C(C)C2)c1C(=O)OCC. The minimum Gasteiger partial charge on any atom is -0.462 e. The molecule has 0 N–H and O–H groups in total. The number of carbonyl (C=O) groups excluding carboxylic acids is 2. The molecular formula is C23H29ClN4O5S. The lowest BCUT2D eigenvalue weighted by molar-refractivity contribution is 0.0508. The van der Waals surface area contributed by atoms with Crippen LogP contribution in [0.2, 0.25) is 5.02 Å². The van der Waals surface area contributed by atoms with Crippen LogP contribution in [0.4, 0.5) is 0 Å². The van der Waals surface area contributed by atoms with Gasteiger partial charge in [0.2, 0.25) is 10.0 Å². The summed E-state index contributed by atoms with van der Waals surface area (Å²) in [7, 11) is -3.75. The fourth-order valence-electron chi connectivity index (χ4n) is 4.00. The van der Waals surface area contributed by atoms with E-state index in [-0.39, 0.29) is 42.4 Å². The summed E-state index contributed by atoms with van der Waals surface area (Å²) in [5.74, 6) is -0.690. The highest BCUT2D eigenvalue weighted by Crippen LogP contribution is 2.24. The van der Waals surface area contributed by atoms with E-state index in [1.165, 1.54) is 33.5 Å². The van der Waals surface area contributed by atoms with Crippen LogP contribution in [-0.2, 0) is 21.2 Å². The highest BCUT2D eigenvalue weighted by Gasteiger charge is 2.37. The Morgan fingerprint density at radius 2 is 1.82 bits per heavy atom. The first-order valence-electron chi connectivity index (χ1n) is 11.2. The maximum Gasteiger partial charge on any atom is 0.342 e. The lowest BCUT2D eigenvalue weighted by atomic mass is 10.1. The molecule has 1 fully saturated rings. The monoisotopic (exact) mass is 508 g/mol. The number of piperazine rings is 1. The second kappa shape index (κ2) is 10.8. The molecule has 1 aromatic carbocycles. The smallest absolute Gasteiger partial charge is 0.342 e. The number of carbonyl (C=O) groups is 2. The summed E-state index contributed by atoms with van der Waals surface area (Å²) < 4.78 is 32.8. The van der Waals surface area contributed by atoms with Crippen LogP contribution in [0.25, 0.3) is 0 Å². The third-order valence-corrected chi connectivity index (χ3v) is 7.82. The molecule has 1 aromatic heterocycles. The zero-order chi connectivity index (χ0) is 25.0. The number of aryl methyl sites for hydroxylation is 2. The van der Waals surface area contributed by atoms with E-state index in [9.17, 15) is 18.0 Å². The van der Waals surface area contributed by atoms with Crippen molar-refractivity contribution < 1.29 is 22.7 Å². The molecule has 2 aromatic rings. The van der Waals surface area contributed by atoms with Crippen LogP contribution in [0.3, 0.4) is 0 Å². The second-order valence-corrected chi connectivity index (χ2v) is 10.4. The minimum absolute atomic E-state index is 0.00407. The molecule has 3 rings (SSSR count). The molecule has 0 radical (unpaired) electrons. The number of nitrogens with zero attached hydrogens (tertiary/aromatic N) is 4. The maximum atomic E-state index is 13.5. The van der Waals surface area contributed by atoms with E-state index in [0.29, 0.717) is 23.0 Å². The van der Waals surface area contributed by atoms with Gasteiger partial charge >= 0.3 is 5.97 Å². The van der Waals surface area contributed by atoms with E-state index in [1.807, 2.05) is 6.92 Å². The molecule has 0 aliphatic carbocycles. The van der Waals surface area contributed by atoms with Gasteiger partial charge in [0, 0.05) is 30.7 Å². The zero-order valence-electron chi connectivity index (χ0n) is 19.7. The number of esters is 1. The molecule has 2 heterocycles. The fourth-order valence-corrected chi connectivity index (χ4v) is 5.73. The predicted octanol–water partition coefficient (Wildman–Crippen LogP) is 3.10. The van der Waals surface area contributed by atoms with E-state index < -0.39 is 27.9 Å². The van der Waals surface area contributed by atoms with Crippen LogP contribution in [0, 0.1) is 6.92 Å². The van der Waals surface area contributed by atoms with Gasteiger partial charge in [-0.05, 0) is 51.5 Å². The van der Waals surface area contributed by atoms with Crippen molar-refractivity contribution in [2.24, 2.45) is 0 Å². The Balaban J connectivity index is 1.88. The summed E-state index contributed by atoms with van der Waals surface area (Å²) in [6.07, 6.45) is 1.23. The molecule has 1 amide bonds. The number of halogens is 1. The number of rotatable bonds is 7. The van der Waals surface area contributed by atoms with Gasteiger partial charge in [-0.3, -0.25) is 4.79 Å². The molecule has 1 aliphatic rings. The number of benzene rings is 1. The summed E-state index contributed by atoms with van der Waals surface area (Å²) in [5.41, 5.74) is 0.563. The van der Waals surface area contributed by atoms with Crippen molar-refractivity contribution in [2.45, 2.75) is 51.5 Å². The van der Waals surface area contributed by atoms with Crippen LogP contribution in [0.1, 0.15) is 59.6 Å². The summed E-state index contributed by atoms with van der Waals surface area (Å²) in [6.45, 7) is 7.63. The average molecular weight is 509 g/mol. The number of hydrogen-bond acceptors (Lipinski definition) is 7. The van der Waals surface area contributed by atoms with Crippen molar-refractivity contribution in [1.82, 2.24) is 19.2 Å². The van der Waals surface area contributed by atoms with Crippen molar-refractivity contribution >= 4 is 33.5 Å². The zero-order valence-corrected chi connectivity index (χ0v) is 21.3. The number of amides is 1. The Kier molecular flexibility index (Phi) is 8.27. The lowest BCUT2D eigenvalue weighted by Crippen LogP contribution is -2.55.